The second-order valence-corrected chi connectivity index (χ2v) is 20.0. The number of nitrogens with two attached hydrogens (primary N) is 6. The molecule has 0 bridgehead atoms. The van der Waals surface area contributed by atoms with Crippen LogP contribution in [0.5, 0.6) is 0 Å². The first kappa shape index (κ1) is 54.8. The van der Waals surface area contributed by atoms with E-state index in [9.17, 15) is 43.2 Å². The van der Waals surface area contributed by atoms with Crippen molar-refractivity contribution in [3.05, 3.63) is 157 Å². The Labute approximate surface area is 432 Å². The van der Waals surface area contributed by atoms with Crippen molar-refractivity contribution < 1.29 is 43.2 Å². The minimum atomic E-state index is -2.09. The summed E-state index contributed by atoms with van der Waals surface area (Å²) in [6.45, 7) is 0. The van der Waals surface area contributed by atoms with Crippen LogP contribution in [0.15, 0.2) is 123 Å². The molecule has 0 unspecified atom stereocenters. The third-order valence-corrected chi connectivity index (χ3v) is 14.5. The van der Waals surface area contributed by atoms with Gasteiger partial charge in [-0.25, -0.2) is 0 Å². The van der Waals surface area contributed by atoms with Gasteiger partial charge in [0.05, 0.1) is 0 Å². The fourth-order valence-electron chi connectivity index (χ4n) is 7.89. The SMILES string of the molecule is NC(=O)CC[C@@](N)(C(=O)Cc1ccsc1)C(=O)Nc1ccc(C(c2ccc(NC(=O)[C@@](N)(CCC(N)=O)C(=O)Cc3ccsc3)cc2)c2ccc(NC(=O)[C@@](N)(CCC(N)=O)C(=O)Cc3ccsc3)cc2)cc1. The van der Waals surface area contributed by atoms with Gasteiger partial charge in [-0.2, -0.15) is 34.0 Å². The van der Waals surface area contributed by atoms with Gasteiger partial charge in [0, 0.05) is 61.5 Å². The quantitative estimate of drug-likeness (QED) is 0.0259. The maximum absolute atomic E-state index is 13.8. The summed E-state index contributed by atoms with van der Waals surface area (Å²) in [4.78, 5) is 117. The van der Waals surface area contributed by atoms with Crippen molar-refractivity contribution in [1.29, 1.82) is 0 Å². The number of nitrogens with one attached hydrogen (secondary N) is 3. The number of anilines is 3. The summed E-state index contributed by atoms with van der Waals surface area (Å²) in [5.41, 5.74) is 34.3. The third kappa shape index (κ3) is 14.1. The fraction of sp³-hybridized carbons (Fsp3) is 0.250. The predicted molar refractivity (Wildman–Crippen MR) is 281 cm³/mol. The molecule has 73 heavy (non-hydrogen) atoms. The monoisotopic (exact) mass is 1050 g/mol. The lowest BCUT2D eigenvalue weighted by molar-refractivity contribution is -0.135. The number of hydrogen-bond acceptors (Lipinski definition) is 15. The molecule has 0 spiro atoms. The van der Waals surface area contributed by atoms with Crippen LogP contribution in [0.2, 0.25) is 0 Å². The molecule has 3 atom stereocenters. The summed E-state index contributed by atoms with van der Waals surface area (Å²) < 4.78 is 0. The maximum Gasteiger partial charge on any atom is 0.252 e. The van der Waals surface area contributed by atoms with Gasteiger partial charge in [-0.15, -0.1) is 0 Å². The van der Waals surface area contributed by atoms with Crippen LogP contribution >= 0.6 is 34.0 Å². The average Bonchev–Trinajstić information content (AvgIpc) is 4.19. The van der Waals surface area contributed by atoms with Crippen LogP contribution in [0.4, 0.5) is 17.1 Å². The Balaban J connectivity index is 1.29. The highest BCUT2D eigenvalue weighted by atomic mass is 32.1. The average molecular weight is 1050 g/mol. The van der Waals surface area contributed by atoms with Gasteiger partial charge in [-0.05, 0) is 140 Å². The van der Waals surface area contributed by atoms with Crippen molar-refractivity contribution in [1.82, 2.24) is 0 Å². The van der Waals surface area contributed by atoms with Crippen molar-refractivity contribution >= 4 is 104 Å². The number of ketones is 3. The van der Waals surface area contributed by atoms with Crippen LogP contribution < -0.4 is 50.4 Å². The lowest BCUT2D eigenvalue weighted by atomic mass is 9.84. The second-order valence-electron chi connectivity index (χ2n) is 17.7. The molecule has 380 valence electrons. The first-order chi connectivity index (χ1) is 34.7. The third-order valence-electron chi connectivity index (χ3n) is 12.3. The van der Waals surface area contributed by atoms with E-state index in [0.717, 1.165) is 0 Å². The Kier molecular flexibility index (Phi) is 18.2. The molecule has 3 aromatic heterocycles. The summed E-state index contributed by atoms with van der Waals surface area (Å²) in [7, 11) is 0. The van der Waals surface area contributed by atoms with Gasteiger partial charge >= 0.3 is 0 Å². The second kappa shape index (κ2) is 24.3. The Hall–Kier alpha value is -7.53. The minimum absolute atomic E-state index is 0.135. The molecule has 0 aliphatic carbocycles. The van der Waals surface area contributed by atoms with Crippen molar-refractivity contribution in [3.8, 4) is 0 Å². The first-order valence-corrected chi connectivity index (χ1v) is 25.6. The summed E-state index contributed by atoms with van der Waals surface area (Å²) in [6.07, 6.45) is -2.29. The molecule has 0 saturated heterocycles. The van der Waals surface area contributed by atoms with E-state index in [-0.39, 0.29) is 74.8 Å². The molecule has 6 aromatic rings. The molecular weight excluding hydrogens is 991 g/mol. The van der Waals surface area contributed by atoms with Crippen molar-refractivity contribution in [2.45, 2.75) is 80.3 Å². The number of thiophene rings is 3. The molecule has 3 aromatic carbocycles. The van der Waals surface area contributed by atoms with E-state index in [1.165, 1.54) is 34.0 Å². The van der Waals surface area contributed by atoms with Gasteiger partial charge in [0.25, 0.3) is 17.7 Å². The predicted octanol–water partition coefficient (Wildman–Crippen LogP) is 4.19. The van der Waals surface area contributed by atoms with Gasteiger partial charge in [0.1, 0.15) is 0 Å². The highest BCUT2D eigenvalue weighted by molar-refractivity contribution is 7.08. The summed E-state index contributed by atoms with van der Waals surface area (Å²) in [5.74, 6) is -7.04. The summed E-state index contributed by atoms with van der Waals surface area (Å²) in [6, 6.07) is 25.3. The molecule has 3 heterocycles. The lowest BCUT2D eigenvalue weighted by Gasteiger charge is -2.27. The first-order valence-electron chi connectivity index (χ1n) is 22.8. The van der Waals surface area contributed by atoms with E-state index >= 15 is 0 Å². The molecule has 0 fully saturated rings. The zero-order valence-electron chi connectivity index (χ0n) is 39.4. The number of carbonyl (C=O) groups excluding carboxylic acids is 9. The molecule has 18 nitrogen and oxygen atoms in total. The Bertz CT molecular complexity index is 2630. The van der Waals surface area contributed by atoms with E-state index in [4.69, 9.17) is 34.4 Å². The number of hydrogen-bond donors (Lipinski definition) is 9. The molecule has 0 saturated carbocycles. The standard InChI is InChI=1S/C52H55N9O9S3/c53-43(65)13-19-50(56,40(62)25-31-16-22-71-28-31)47(68)59-37-7-1-34(2-8-37)46(35-3-9-38(10-4-35)60-48(69)51(57,20-14-44(54)66)41(63)26-32-17-23-72-29-32)36-5-11-39(12-6-36)61-49(70)52(58,21-15-45(55)67)42(64)27-33-18-24-73-30-33/h1-12,16-18,22-24,28-30,46H,13-15,19-21,25-27,56-58H2,(H2,53,65)(H2,54,66)(H2,55,67)(H,59,68)(H,60,69)(H,61,70)/t50-,51-,52-/m1/s1. The van der Waals surface area contributed by atoms with E-state index < -0.39 is 75.3 Å². The lowest BCUT2D eigenvalue weighted by Crippen LogP contribution is -2.58. The van der Waals surface area contributed by atoms with E-state index in [1.54, 1.807) is 123 Å². The largest absolute Gasteiger partial charge is 0.370 e. The van der Waals surface area contributed by atoms with Crippen LogP contribution in [-0.2, 0) is 62.4 Å². The van der Waals surface area contributed by atoms with Gasteiger partial charge in [-0.3, -0.25) is 43.2 Å². The number of amides is 6. The number of Topliss-reactive ketones (excluding diaryl/α,β-unsaturated/α-hetero) is 3. The highest BCUT2D eigenvalue weighted by Gasteiger charge is 2.44. The van der Waals surface area contributed by atoms with Crippen molar-refractivity contribution in [2.24, 2.45) is 34.4 Å². The van der Waals surface area contributed by atoms with Crippen LogP contribution in [-0.4, -0.2) is 69.4 Å². The molecule has 6 amide bonds. The van der Waals surface area contributed by atoms with Crippen molar-refractivity contribution in [2.75, 3.05) is 16.0 Å². The number of carbonyl (C=O) groups is 9. The van der Waals surface area contributed by atoms with Gasteiger partial charge in [0.15, 0.2) is 34.0 Å². The number of rotatable bonds is 27. The smallest absolute Gasteiger partial charge is 0.252 e. The zero-order valence-corrected chi connectivity index (χ0v) is 41.9. The fourth-order valence-corrected chi connectivity index (χ4v) is 9.90. The van der Waals surface area contributed by atoms with Gasteiger partial charge in [0.2, 0.25) is 17.7 Å². The molecule has 21 heteroatoms. The minimum Gasteiger partial charge on any atom is -0.370 e. The van der Waals surface area contributed by atoms with Crippen LogP contribution in [0, 0.1) is 0 Å². The normalized spacial score (nSPS) is 13.6. The highest BCUT2D eigenvalue weighted by Crippen LogP contribution is 2.35. The number of primary amides is 3. The van der Waals surface area contributed by atoms with Gasteiger partial charge in [-0.1, -0.05) is 36.4 Å². The van der Waals surface area contributed by atoms with Crippen molar-refractivity contribution in [3.63, 3.8) is 0 Å². The van der Waals surface area contributed by atoms with E-state index in [0.29, 0.717) is 33.4 Å². The Morgan fingerprint density at radius 1 is 0.397 bits per heavy atom. The molecule has 0 aliphatic rings. The zero-order chi connectivity index (χ0) is 52.9. The summed E-state index contributed by atoms with van der Waals surface area (Å²) >= 11 is 4.13. The van der Waals surface area contributed by atoms with Crippen LogP contribution in [0.3, 0.4) is 0 Å². The molecule has 15 N–H and O–H groups in total. The Morgan fingerprint density at radius 2 is 0.644 bits per heavy atom. The van der Waals surface area contributed by atoms with Gasteiger partial charge < -0.3 is 50.4 Å². The van der Waals surface area contributed by atoms with Crippen LogP contribution in [0.1, 0.15) is 77.8 Å². The van der Waals surface area contributed by atoms with E-state index in [1.807, 2.05) is 0 Å². The molecular formula is C52H55N9O9S3. The topological polar surface area (TPSA) is 346 Å². The maximum atomic E-state index is 13.8. The van der Waals surface area contributed by atoms with E-state index in [2.05, 4.69) is 16.0 Å². The Morgan fingerprint density at radius 3 is 0.849 bits per heavy atom. The summed E-state index contributed by atoms with van der Waals surface area (Å²) in [5, 5.41) is 18.8. The number of benzene rings is 3. The van der Waals surface area contributed by atoms with Crippen LogP contribution in [0.25, 0.3) is 0 Å². The molecule has 0 aliphatic heterocycles. The molecule has 6 rings (SSSR count). The molecule has 0 radical (unpaired) electrons.